The van der Waals surface area contributed by atoms with Crippen LogP contribution in [0.2, 0.25) is 0 Å². The number of carbonyl (C=O) groups is 1. The van der Waals surface area contributed by atoms with E-state index in [1.165, 1.54) is 109 Å². The van der Waals surface area contributed by atoms with Crippen LogP contribution in [0, 0.1) is 0 Å². The fourth-order valence-corrected chi connectivity index (χ4v) is 6.12. The summed E-state index contributed by atoms with van der Waals surface area (Å²) < 4.78 is 34.6. The summed E-state index contributed by atoms with van der Waals surface area (Å²) in [6, 6.07) is 0. The summed E-state index contributed by atoms with van der Waals surface area (Å²) in [6.07, 6.45) is 37.3. The Morgan fingerprint density at radius 1 is 0.633 bits per heavy atom. The highest BCUT2D eigenvalue weighted by molar-refractivity contribution is 7.47. The van der Waals surface area contributed by atoms with Gasteiger partial charge in [-0.2, -0.15) is 0 Å². The number of phosphoric ester groups is 1. The summed E-state index contributed by atoms with van der Waals surface area (Å²) in [4.78, 5) is 22.7. The highest BCUT2D eigenvalue weighted by Crippen LogP contribution is 2.43. The van der Waals surface area contributed by atoms with Crippen molar-refractivity contribution in [2.75, 3.05) is 47.5 Å². The largest absolute Gasteiger partial charge is 0.498 e. The molecule has 0 saturated heterocycles. The molecule has 2 atom stereocenters. The van der Waals surface area contributed by atoms with Gasteiger partial charge >= 0.3 is 13.8 Å². The van der Waals surface area contributed by atoms with Gasteiger partial charge in [0, 0.05) is 6.42 Å². The van der Waals surface area contributed by atoms with Crippen molar-refractivity contribution in [3.8, 4) is 0 Å². The molecule has 290 valence electrons. The average Bonchev–Trinajstić information content (AvgIpc) is 3.04. The predicted octanol–water partition coefficient (Wildman–Crippen LogP) is 11.6. The van der Waals surface area contributed by atoms with Gasteiger partial charge in [0.25, 0.3) is 0 Å². The highest BCUT2D eigenvalue weighted by atomic mass is 31.2. The van der Waals surface area contributed by atoms with Crippen LogP contribution >= 0.6 is 7.82 Å². The molecule has 8 nitrogen and oxygen atoms in total. The molecule has 0 saturated carbocycles. The van der Waals surface area contributed by atoms with Crippen molar-refractivity contribution in [2.45, 2.75) is 180 Å². The van der Waals surface area contributed by atoms with E-state index in [2.05, 4.69) is 26.0 Å². The number of likely N-dealkylation sites (N-methyl/N-ethyl adjacent to an activating group) is 1. The first-order valence-corrected chi connectivity index (χ1v) is 21.6. The second kappa shape index (κ2) is 33.9. The third-order valence-electron chi connectivity index (χ3n) is 8.58. The Labute approximate surface area is 303 Å². The molecule has 9 heteroatoms. The number of ether oxygens (including phenoxy) is 2. The summed E-state index contributed by atoms with van der Waals surface area (Å²) in [5.74, 6) is -0.346. The molecule has 1 N–H and O–H groups in total. The Bertz CT molecular complexity index is 843. The van der Waals surface area contributed by atoms with Crippen LogP contribution in [0.5, 0.6) is 0 Å². The van der Waals surface area contributed by atoms with E-state index in [0.29, 0.717) is 17.4 Å². The van der Waals surface area contributed by atoms with Gasteiger partial charge in [-0.05, 0) is 44.6 Å². The molecule has 0 amide bonds. The zero-order valence-corrected chi connectivity index (χ0v) is 33.6. The fraction of sp³-hybridized carbons (Fsp3) is 0.875. The lowest BCUT2D eigenvalue weighted by Crippen LogP contribution is -2.37. The molecule has 0 bridgehead atoms. The topological polar surface area (TPSA) is 91.3 Å². The van der Waals surface area contributed by atoms with E-state index in [4.69, 9.17) is 18.5 Å². The molecule has 0 aliphatic rings. The van der Waals surface area contributed by atoms with Gasteiger partial charge in [0.05, 0.1) is 34.0 Å². The molecule has 0 radical (unpaired) electrons. The Morgan fingerprint density at radius 2 is 1.10 bits per heavy atom. The van der Waals surface area contributed by atoms with Gasteiger partial charge in [-0.3, -0.25) is 13.8 Å². The Balaban J connectivity index is 4.31. The van der Waals surface area contributed by atoms with Gasteiger partial charge in [0.15, 0.2) is 6.10 Å². The van der Waals surface area contributed by atoms with E-state index >= 15 is 0 Å². The lowest BCUT2D eigenvalue weighted by atomic mass is 10.0. The van der Waals surface area contributed by atoms with Gasteiger partial charge in [-0.25, -0.2) is 4.57 Å². The first-order chi connectivity index (χ1) is 23.6. The second-order valence-electron chi connectivity index (χ2n) is 14.7. The molecular formula is C40H79NO7P+. The number of esters is 1. The number of allylic oxidation sites excluding steroid dienone is 3. The standard InChI is InChI=1S/C40H78NO7P/c1-6-8-10-12-14-16-18-19-20-21-22-24-26-28-30-32-35-45-37-39(38-47-49(43,44)46-36-34-41(3,4)5)48-40(42)33-31-29-27-25-23-17-15-13-11-9-7-2/h13,15,32,35,39H,6-12,14,16-31,33-34,36-38H2,1-5H3/p+1/b15-13+,35-32+/t39-/m1/s1. The lowest BCUT2D eigenvalue weighted by molar-refractivity contribution is -0.870. The van der Waals surface area contributed by atoms with E-state index in [1.54, 1.807) is 6.26 Å². The minimum absolute atomic E-state index is 0.0473. The third kappa shape index (κ3) is 37.9. The number of quaternary nitrogens is 1. The minimum Gasteiger partial charge on any atom is -0.498 e. The molecule has 0 aliphatic heterocycles. The van der Waals surface area contributed by atoms with Crippen LogP contribution in [0.3, 0.4) is 0 Å². The smallest absolute Gasteiger partial charge is 0.472 e. The van der Waals surface area contributed by atoms with Crippen molar-refractivity contribution in [1.29, 1.82) is 0 Å². The van der Waals surface area contributed by atoms with Crippen LogP contribution < -0.4 is 0 Å². The summed E-state index contributed by atoms with van der Waals surface area (Å²) in [6.45, 7) is 4.88. The van der Waals surface area contributed by atoms with Crippen molar-refractivity contribution in [3.63, 3.8) is 0 Å². The molecule has 0 aromatic carbocycles. The number of hydrogen-bond acceptors (Lipinski definition) is 6. The van der Waals surface area contributed by atoms with E-state index in [0.717, 1.165) is 44.9 Å². The van der Waals surface area contributed by atoms with Gasteiger partial charge in [-0.15, -0.1) is 0 Å². The number of nitrogens with zero attached hydrogens (tertiary/aromatic N) is 1. The van der Waals surface area contributed by atoms with Crippen LogP contribution in [0.4, 0.5) is 0 Å². The fourth-order valence-electron chi connectivity index (χ4n) is 5.38. The molecule has 0 aromatic rings. The first kappa shape index (κ1) is 47.8. The predicted molar refractivity (Wildman–Crippen MR) is 206 cm³/mol. The normalized spacial score (nSPS) is 14.1. The molecular weight excluding hydrogens is 637 g/mol. The monoisotopic (exact) mass is 717 g/mol. The van der Waals surface area contributed by atoms with Crippen molar-refractivity contribution < 1.29 is 37.3 Å². The quantitative estimate of drug-likeness (QED) is 0.0171. The van der Waals surface area contributed by atoms with Gasteiger partial charge < -0.3 is 18.9 Å². The number of rotatable bonds is 37. The van der Waals surface area contributed by atoms with Crippen molar-refractivity contribution in [3.05, 3.63) is 24.5 Å². The van der Waals surface area contributed by atoms with Crippen LogP contribution in [0.25, 0.3) is 0 Å². The summed E-state index contributed by atoms with van der Waals surface area (Å²) >= 11 is 0. The average molecular weight is 717 g/mol. The maximum atomic E-state index is 12.6. The van der Waals surface area contributed by atoms with Crippen molar-refractivity contribution >= 4 is 13.8 Å². The van der Waals surface area contributed by atoms with Gasteiger partial charge in [0.2, 0.25) is 0 Å². The summed E-state index contributed by atoms with van der Waals surface area (Å²) in [5.41, 5.74) is 0. The van der Waals surface area contributed by atoms with E-state index in [-0.39, 0.29) is 25.8 Å². The molecule has 1 unspecified atom stereocenters. The SMILES string of the molecule is CCCC/C=C/CCCCCCCC(=O)O[C@H](CO/C=C/CCCCCCCCCCCCCCCC)COP(=O)(O)OCC[N+](C)(C)C. The Hall–Kier alpha value is -1.18. The maximum absolute atomic E-state index is 12.6. The van der Waals surface area contributed by atoms with E-state index in [9.17, 15) is 14.3 Å². The van der Waals surface area contributed by atoms with Crippen LogP contribution in [-0.2, 0) is 27.9 Å². The van der Waals surface area contributed by atoms with Crippen molar-refractivity contribution in [1.82, 2.24) is 0 Å². The minimum atomic E-state index is -4.28. The third-order valence-corrected chi connectivity index (χ3v) is 9.56. The number of carbonyl (C=O) groups excluding carboxylic acids is 1. The number of unbranched alkanes of at least 4 members (excludes halogenated alkanes) is 21. The molecule has 0 rings (SSSR count). The zero-order valence-electron chi connectivity index (χ0n) is 32.7. The second-order valence-corrected chi connectivity index (χ2v) is 16.2. The zero-order chi connectivity index (χ0) is 36.3. The van der Waals surface area contributed by atoms with Crippen LogP contribution in [0.1, 0.15) is 174 Å². The maximum Gasteiger partial charge on any atom is 0.472 e. The molecule has 0 fully saturated rings. The molecule has 0 aliphatic carbocycles. The first-order valence-electron chi connectivity index (χ1n) is 20.1. The Morgan fingerprint density at radius 3 is 1.63 bits per heavy atom. The highest BCUT2D eigenvalue weighted by Gasteiger charge is 2.26. The summed E-state index contributed by atoms with van der Waals surface area (Å²) in [7, 11) is 1.63. The van der Waals surface area contributed by atoms with Crippen LogP contribution in [0.15, 0.2) is 24.5 Å². The molecule has 0 spiro atoms. The molecule has 0 heterocycles. The Kier molecular flexibility index (Phi) is 33.1. The number of hydrogen-bond donors (Lipinski definition) is 1. The van der Waals surface area contributed by atoms with Crippen LogP contribution in [-0.4, -0.2) is 69.0 Å². The number of phosphoric acid groups is 1. The van der Waals surface area contributed by atoms with E-state index in [1.807, 2.05) is 27.2 Å². The molecule has 49 heavy (non-hydrogen) atoms. The van der Waals surface area contributed by atoms with Gasteiger partial charge in [-0.1, -0.05) is 142 Å². The molecule has 0 aromatic heterocycles. The van der Waals surface area contributed by atoms with E-state index < -0.39 is 13.9 Å². The lowest BCUT2D eigenvalue weighted by Gasteiger charge is -2.24. The van der Waals surface area contributed by atoms with Crippen molar-refractivity contribution in [2.24, 2.45) is 0 Å². The van der Waals surface area contributed by atoms with Gasteiger partial charge in [0.1, 0.15) is 19.8 Å². The summed E-state index contributed by atoms with van der Waals surface area (Å²) in [5, 5.41) is 0.